The van der Waals surface area contributed by atoms with E-state index in [0.29, 0.717) is 11.5 Å². The molecule has 0 aliphatic carbocycles. The predicted molar refractivity (Wildman–Crippen MR) is 88.7 cm³/mol. The van der Waals surface area contributed by atoms with Gasteiger partial charge in [0.2, 0.25) is 0 Å². The fraction of sp³-hybridized carbons (Fsp3) is 0.316. The molecule has 2 aliphatic heterocycles. The Hall–Kier alpha value is -2.89. The van der Waals surface area contributed by atoms with Crippen molar-refractivity contribution in [2.24, 2.45) is 0 Å². The second kappa shape index (κ2) is 5.58. The highest BCUT2D eigenvalue weighted by atomic mass is 16.6. The molecule has 25 heavy (non-hydrogen) atoms. The molecule has 2 N–H and O–H groups in total. The Bertz CT molecular complexity index is 859. The summed E-state index contributed by atoms with van der Waals surface area (Å²) in [6, 6.07) is 7.91. The molecule has 2 unspecified atom stereocenters. The molecule has 130 valence electrons. The lowest BCUT2D eigenvalue weighted by molar-refractivity contribution is 0.0425. The third-order valence-corrected chi connectivity index (χ3v) is 4.61. The van der Waals surface area contributed by atoms with E-state index in [9.17, 15) is 15.0 Å². The zero-order chi connectivity index (χ0) is 17.7. The van der Waals surface area contributed by atoms with Crippen LogP contribution in [-0.4, -0.2) is 28.2 Å². The van der Waals surface area contributed by atoms with Gasteiger partial charge in [0.05, 0.1) is 6.42 Å². The fourth-order valence-electron chi connectivity index (χ4n) is 3.12. The van der Waals surface area contributed by atoms with Gasteiger partial charge in [0.25, 0.3) is 0 Å². The third kappa shape index (κ3) is 2.63. The van der Waals surface area contributed by atoms with E-state index in [0.717, 1.165) is 11.6 Å². The highest BCUT2D eigenvalue weighted by Gasteiger charge is 2.32. The maximum atomic E-state index is 12.4. The molecular formula is C19H18O6. The summed E-state index contributed by atoms with van der Waals surface area (Å²) in [6.45, 7) is 3.88. The van der Waals surface area contributed by atoms with Crippen LogP contribution in [0.25, 0.3) is 0 Å². The van der Waals surface area contributed by atoms with Crippen LogP contribution in [0.4, 0.5) is 0 Å². The van der Waals surface area contributed by atoms with Gasteiger partial charge in [-0.05, 0) is 31.5 Å². The SMILES string of the molecule is CC1Oc2ccc([C@@H]3CC(=O)c4c(O)cc(O)cc4O3)cc2OC1C. The second-order valence-electron chi connectivity index (χ2n) is 6.42. The third-order valence-electron chi connectivity index (χ3n) is 4.61. The quantitative estimate of drug-likeness (QED) is 0.827. The van der Waals surface area contributed by atoms with E-state index in [4.69, 9.17) is 14.2 Å². The average Bonchev–Trinajstić information content (AvgIpc) is 2.54. The molecule has 0 saturated carbocycles. The van der Waals surface area contributed by atoms with Gasteiger partial charge in [0.1, 0.15) is 41.1 Å². The molecule has 0 amide bonds. The molecule has 3 atom stereocenters. The summed E-state index contributed by atoms with van der Waals surface area (Å²) >= 11 is 0. The summed E-state index contributed by atoms with van der Waals surface area (Å²) in [7, 11) is 0. The first kappa shape index (κ1) is 15.6. The lowest BCUT2D eigenvalue weighted by Gasteiger charge is -2.31. The molecule has 6 nitrogen and oxygen atoms in total. The van der Waals surface area contributed by atoms with Crippen LogP contribution in [-0.2, 0) is 0 Å². The smallest absolute Gasteiger partial charge is 0.174 e. The lowest BCUT2D eigenvalue weighted by Crippen LogP contribution is -2.35. The van der Waals surface area contributed by atoms with Crippen molar-refractivity contribution in [3.63, 3.8) is 0 Å². The zero-order valence-corrected chi connectivity index (χ0v) is 13.9. The van der Waals surface area contributed by atoms with Gasteiger partial charge in [-0.2, -0.15) is 0 Å². The Kier molecular flexibility index (Phi) is 3.49. The summed E-state index contributed by atoms with van der Waals surface area (Å²) in [5, 5.41) is 19.5. The first-order valence-electron chi connectivity index (χ1n) is 8.15. The zero-order valence-electron chi connectivity index (χ0n) is 13.9. The van der Waals surface area contributed by atoms with Crippen LogP contribution in [0.2, 0.25) is 0 Å². The number of Topliss-reactive ketones (excluding diaryl/α,β-unsaturated/α-hetero) is 1. The van der Waals surface area contributed by atoms with Crippen molar-refractivity contribution in [3.8, 4) is 28.7 Å². The number of ether oxygens (including phenoxy) is 3. The number of ketones is 1. The number of carbonyl (C=O) groups excluding carboxylic acids is 1. The van der Waals surface area contributed by atoms with Gasteiger partial charge in [-0.1, -0.05) is 6.07 Å². The molecule has 2 aliphatic rings. The Morgan fingerprint density at radius 1 is 0.920 bits per heavy atom. The Morgan fingerprint density at radius 3 is 2.40 bits per heavy atom. The standard InChI is InChI=1S/C19H18O6/c1-9-10(2)24-17-5-11(3-4-15(17)23-9)16-8-14(22)19-13(21)6-12(20)7-18(19)25-16/h3-7,9-10,16,20-21H,8H2,1-2H3/t9?,10?,16-/m0/s1. The highest BCUT2D eigenvalue weighted by Crippen LogP contribution is 2.43. The van der Waals surface area contributed by atoms with Crippen molar-refractivity contribution >= 4 is 5.78 Å². The fourth-order valence-corrected chi connectivity index (χ4v) is 3.12. The van der Waals surface area contributed by atoms with E-state index in [1.165, 1.54) is 6.07 Å². The summed E-state index contributed by atoms with van der Waals surface area (Å²) in [5.41, 5.74) is 0.875. The van der Waals surface area contributed by atoms with E-state index in [1.807, 2.05) is 26.0 Å². The number of phenolic OH excluding ortho intramolecular Hbond substituents is 2. The minimum Gasteiger partial charge on any atom is -0.508 e. The molecule has 6 heteroatoms. The molecule has 0 bridgehead atoms. The highest BCUT2D eigenvalue weighted by molar-refractivity contribution is 6.02. The van der Waals surface area contributed by atoms with Crippen LogP contribution in [0.5, 0.6) is 28.7 Å². The van der Waals surface area contributed by atoms with Crippen molar-refractivity contribution in [2.45, 2.75) is 38.6 Å². The molecule has 2 heterocycles. The first-order valence-corrected chi connectivity index (χ1v) is 8.15. The second-order valence-corrected chi connectivity index (χ2v) is 6.42. The molecule has 0 saturated heterocycles. The molecule has 0 fully saturated rings. The molecule has 0 radical (unpaired) electrons. The number of rotatable bonds is 1. The van der Waals surface area contributed by atoms with E-state index < -0.39 is 6.10 Å². The molecule has 0 aromatic heterocycles. The first-order chi connectivity index (χ1) is 11.9. The summed E-state index contributed by atoms with van der Waals surface area (Å²) in [6.07, 6.45) is -0.545. The van der Waals surface area contributed by atoms with Crippen molar-refractivity contribution in [2.75, 3.05) is 0 Å². The van der Waals surface area contributed by atoms with Crippen molar-refractivity contribution in [1.29, 1.82) is 0 Å². The number of benzene rings is 2. The summed E-state index contributed by atoms with van der Waals surface area (Å²) in [5.74, 6) is 0.783. The van der Waals surface area contributed by atoms with Crippen LogP contribution < -0.4 is 14.2 Å². The van der Waals surface area contributed by atoms with E-state index in [2.05, 4.69) is 0 Å². The minimum absolute atomic E-state index is 0.0383. The van der Waals surface area contributed by atoms with Gasteiger partial charge < -0.3 is 24.4 Å². The van der Waals surface area contributed by atoms with E-state index in [1.54, 1.807) is 6.07 Å². The Morgan fingerprint density at radius 2 is 1.64 bits per heavy atom. The van der Waals surface area contributed by atoms with Crippen LogP contribution in [0.1, 0.15) is 42.3 Å². The van der Waals surface area contributed by atoms with Crippen LogP contribution in [0.3, 0.4) is 0 Å². The number of hydrogen-bond donors (Lipinski definition) is 2. The number of hydrogen-bond acceptors (Lipinski definition) is 6. The largest absolute Gasteiger partial charge is 0.508 e. The minimum atomic E-state index is -0.523. The maximum absolute atomic E-state index is 12.4. The van der Waals surface area contributed by atoms with E-state index >= 15 is 0 Å². The van der Waals surface area contributed by atoms with Crippen molar-refractivity contribution in [3.05, 3.63) is 41.5 Å². The molecule has 2 aromatic rings. The molecule has 4 rings (SSSR count). The summed E-state index contributed by atoms with van der Waals surface area (Å²) in [4.78, 5) is 12.4. The Labute approximate surface area is 144 Å². The number of fused-ring (bicyclic) bond motifs is 2. The van der Waals surface area contributed by atoms with Crippen LogP contribution in [0.15, 0.2) is 30.3 Å². The number of aromatic hydroxyl groups is 2. The van der Waals surface area contributed by atoms with Gasteiger partial charge in [0, 0.05) is 12.1 Å². The van der Waals surface area contributed by atoms with Gasteiger partial charge in [-0.3, -0.25) is 4.79 Å². The van der Waals surface area contributed by atoms with Crippen molar-refractivity contribution in [1.82, 2.24) is 0 Å². The van der Waals surface area contributed by atoms with Gasteiger partial charge in [-0.15, -0.1) is 0 Å². The van der Waals surface area contributed by atoms with Gasteiger partial charge in [0.15, 0.2) is 17.3 Å². The maximum Gasteiger partial charge on any atom is 0.174 e. The lowest BCUT2D eigenvalue weighted by atomic mass is 9.95. The normalized spacial score (nSPS) is 24.4. The van der Waals surface area contributed by atoms with E-state index in [-0.39, 0.29) is 47.2 Å². The summed E-state index contributed by atoms with van der Waals surface area (Å²) < 4.78 is 17.5. The predicted octanol–water partition coefficient (Wildman–Crippen LogP) is 3.35. The average molecular weight is 342 g/mol. The molecular weight excluding hydrogens is 324 g/mol. The van der Waals surface area contributed by atoms with Crippen molar-refractivity contribution < 1.29 is 29.2 Å². The topological polar surface area (TPSA) is 85.2 Å². The van der Waals surface area contributed by atoms with Gasteiger partial charge >= 0.3 is 0 Å². The molecule has 0 spiro atoms. The monoisotopic (exact) mass is 342 g/mol. The Balaban J connectivity index is 1.68. The number of carbonyl (C=O) groups is 1. The van der Waals surface area contributed by atoms with Crippen LogP contribution in [0, 0.1) is 0 Å². The molecule has 2 aromatic carbocycles. The number of phenols is 2. The van der Waals surface area contributed by atoms with Gasteiger partial charge in [-0.25, -0.2) is 0 Å². The van der Waals surface area contributed by atoms with Crippen LogP contribution >= 0.6 is 0 Å².